The molecule has 0 saturated heterocycles. The highest BCUT2D eigenvalue weighted by Gasteiger charge is 2.17. The van der Waals surface area contributed by atoms with E-state index in [-0.39, 0.29) is 0 Å². The van der Waals surface area contributed by atoms with E-state index in [1.807, 2.05) is 54.6 Å². The highest BCUT2D eigenvalue weighted by atomic mass is 16.4. The lowest BCUT2D eigenvalue weighted by molar-refractivity contribution is 0.426. The first kappa shape index (κ1) is 15.2. The van der Waals surface area contributed by atoms with Crippen molar-refractivity contribution < 1.29 is 14.5 Å². The van der Waals surface area contributed by atoms with E-state index >= 15 is 0 Å². The maximum absolute atomic E-state index is 9.70. The minimum absolute atomic E-state index is 0.508. The summed E-state index contributed by atoms with van der Waals surface area (Å²) in [4.78, 5) is 0. The summed E-state index contributed by atoms with van der Waals surface area (Å²) in [5, 5.41) is 23.4. The van der Waals surface area contributed by atoms with E-state index in [1.54, 1.807) is 6.07 Å². The molecule has 124 valence electrons. The zero-order valence-corrected chi connectivity index (χ0v) is 13.9. The van der Waals surface area contributed by atoms with Crippen molar-refractivity contribution in [2.24, 2.45) is 0 Å². The zero-order valence-electron chi connectivity index (χ0n) is 13.9. The average molecular weight is 338 g/mol. The second-order valence-electron chi connectivity index (χ2n) is 6.40. The molecule has 1 heterocycles. The molecule has 0 aliphatic rings. The summed E-state index contributed by atoms with van der Waals surface area (Å²) in [5.41, 5.74) is 4.33. The third-order valence-electron chi connectivity index (χ3n) is 4.93. The summed E-state index contributed by atoms with van der Waals surface area (Å²) in [6.45, 7) is 0. The van der Waals surface area contributed by atoms with Crippen molar-refractivity contribution in [1.29, 1.82) is 0 Å². The first-order chi connectivity index (χ1) is 12.7. The summed E-state index contributed by atoms with van der Waals surface area (Å²) in [6, 6.07) is 25.6. The van der Waals surface area contributed by atoms with Crippen molar-refractivity contribution in [1.82, 2.24) is 0 Å². The Morgan fingerprint density at radius 1 is 0.577 bits per heavy atom. The molecule has 5 rings (SSSR count). The molecule has 4 heteroatoms. The SMILES string of the molecule is OB(O)c1cccc2c(-c3cccc4oc5ccccc5c34)cccc12. The van der Waals surface area contributed by atoms with Gasteiger partial charge in [0.05, 0.1) is 0 Å². The molecule has 0 bridgehead atoms. The van der Waals surface area contributed by atoms with Gasteiger partial charge in [0, 0.05) is 10.8 Å². The Morgan fingerprint density at radius 2 is 1.23 bits per heavy atom. The van der Waals surface area contributed by atoms with Crippen LogP contribution < -0.4 is 5.46 Å². The van der Waals surface area contributed by atoms with Gasteiger partial charge in [-0.15, -0.1) is 0 Å². The van der Waals surface area contributed by atoms with Crippen LogP contribution in [0.1, 0.15) is 0 Å². The van der Waals surface area contributed by atoms with E-state index in [9.17, 15) is 10.0 Å². The van der Waals surface area contributed by atoms with Crippen LogP contribution >= 0.6 is 0 Å². The molecule has 0 aliphatic carbocycles. The molecule has 4 aromatic carbocycles. The largest absolute Gasteiger partial charge is 0.489 e. The third-order valence-corrected chi connectivity index (χ3v) is 4.93. The summed E-state index contributed by atoms with van der Waals surface area (Å²) < 4.78 is 6.01. The highest BCUT2D eigenvalue weighted by Crippen LogP contribution is 2.38. The number of para-hydroxylation sites is 1. The van der Waals surface area contributed by atoms with E-state index in [0.29, 0.717) is 5.46 Å². The molecule has 3 nitrogen and oxygen atoms in total. The van der Waals surface area contributed by atoms with Gasteiger partial charge in [-0.25, -0.2) is 0 Å². The number of furan rings is 1. The highest BCUT2D eigenvalue weighted by molar-refractivity contribution is 6.62. The van der Waals surface area contributed by atoms with Gasteiger partial charge in [-0.1, -0.05) is 66.7 Å². The maximum Gasteiger partial charge on any atom is 0.489 e. The summed E-state index contributed by atoms with van der Waals surface area (Å²) in [5.74, 6) is 0. The summed E-state index contributed by atoms with van der Waals surface area (Å²) >= 11 is 0. The molecule has 5 aromatic rings. The van der Waals surface area contributed by atoms with Crippen LogP contribution in [0.15, 0.2) is 83.3 Å². The second-order valence-corrected chi connectivity index (χ2v) is 6.40. The molecule has 0 unspecified atom stereocenters. The van der Waals surface area contributed by atoms with E-state index in [1.165, 1.54) is 0 Å². The smallest absolute Gasteiger partial charge is 0.456 e. The van der Waals surface area contributed by atoms with Crippen molar-refractivity contribution in [3.8, 4) is 11.1 Å². The predicted octanol–water partition coefficient (Wildman–Crippen LogP) is 4.09. The third kappa shape index (κ3) is 2.17. The van der Waals surface area contributed by atoms with Crippen molar-refractivity contribution in [3.05, 3.63) is 78.9 Å². The molecule has 1 aromatic heterocycles. The predicted molar refractivity (Wildman–Crippen MR) is 106 cm³/mol. The Bertz CT molecular complexity index is 1270. The number of benzene rings is 4. The molecule has 0 fully saturated rings. The lowest BCUT2D eigenvalue weighted by Gasteiger charge is -2.11. The van der Waals surface area contributed by atoms with E-state index in [0.717, 1.165) is 43.8 Å². The van der Waals surface area contributed by atoms with Crippen molar-refractivity contribution in [2.45, 2.75) is 0 Å². The van der Waals surface area contributed by atoms with Gasteiger partial charge in [0.1, 0.15) is 11.2 Å². The molecular weight excluding hydrogens is 323 g/mol. The van der Waals surface area contributed by atoms with E-state index < -0.39 is 7.12 Å². The van der Waals surface area contributed by atoms with Crippen LogP contribution in [-0.4, -0.2) is 17.2 Å². The zero-order chi connectivity index (χ0) is 17.7. The molecule has 0 radical (unpaired) electrons. The van der Waals surface area contributed by atoms with Gasteiger partial charge in [0.25, 0.3) is 0 Å². The van der Waals surface area contributed by atoms with Crippen molar-refractivity contribution in [3.63, 3.8) is 0 Å². The van der Waals surface area contributed by atoms with Crippen molar-refractivity contribution >= 4 is 45.3 Å². The first-order valence-electron chi connectivity index (χ1n) is 8.52. The lowest BCUT2D eigenvalue weighted by atomic mass is 9.76. The monoisotopic (exact) mass is 338 g/mol. The molecule has 26 heavy (non-hydrogen) atoms. The Labute approximate surface area is 150 Å². The minimum Gasteiger partial charge on any atom is -0.456 e. The van der Waals surface area contributed by atoms with Gasteiger partial charge in [0.2, 0.25) is 0 Å². The molecule has 0 atom stereocenters. The lowest BCUT2D eigenvalue weighted by Crippen LogP contribution is -2.30. The molecular formula is C22H15BO3. The molecule has 0 amide bonds. The fourth-order valence-corrected chi connectivity index (χ4v) is 3.79. The number of hydrogen-bond acceptors (Lipinski definition) is 3. The van der Waals surface area contributed by atoms with Crippen LogP contribution in [0.5, 0.6) is 0 Å². The van der Waals surface area contributed by atoms with Crippen molar-refractivity contribution in [2.75, 3.05) is 0 Å². The first-order valence-corrected chi connectivity index (χ1v) is 8.52. The Morgan fingerprint density at radius 3 is 2.12 bits per heavy atom. The summed E-state index contributed by atoms with van der Waals surface area (Å²) in [6.07, 6.45) is 0. The van der Waals surface area contributed by atoms with Crippen LogP contribution in [0.4, 0.5) is 0 Å². The Balaban J connectivity index is 1.91. The Kier molecular flexibility index (Phi) is 3.35. The van der Waals surface area contributed by atoms with Gasteiger partial charge in [-0.05, 0) is 39.5 Å². The van der Waals surface area contributed by atoms with Crippen LogP contribution in [0.25, 0.3) is 43.8 Å². The topological polar surface area (TPSA) is 53.6 Å². The van der Waals surface area contributed by atoms with Crippen LogP contribution in [0.3, 0.4) is 0 Å². The van der Waals surface area contributed by atoms with Gasteiger partial charge >= 0.3 is 7.12 Å². The quantitative estimate of drug-likeness (QED) is 0.477. The fourth-order valence-electron chi connectivity index (χ4n) is 3.79. The van der Waals surface area contributed by atoms with E-state index in [2.05, 4.69) is 18.2 Å². The number of hydrogen-bond donors (Lipinski definition) is 2. The van der Waals surface area contributed by atoms with Gasteiger partial charge in [-0.2, -0.15) is 0 Å². The standard InChI is InChI=1S/C22H15BO3/c24-23(25)19-11-4-8-14-15(7-3-9-16(14)19)17-10-5-13-21-22(17)18-6-1-2-12-20(18)26-21/h1-13,24-25H. The average Bonchev–Trinajstić information content (AvgIpc) is 3.05. The second kappa shape index (κ2) is 5.73. The van der Waals surface area contributed by atoms with Gasteiger partial charge in [0.15, 0.2) is 0 Å². The van der Waals surface area contributed by atoms with Crippen LogP contribution in [0, 0.1) is 0 Å². The number of rotatable bonds is 2. The Hall–Kier alpha value is -3.08. The summed E-state index contributed by atoms with van der Waals surface area (Å²) in [7, 11) is -1.50. The normalized spacial score (nSPS) is 11.5. The molecule has 0 spiro atoms. The van der Waals surface area contributed by atoms with Crippen LogP contribution in [0.2, 0.25) is 0 Å². The molecule has 0 aliphatic heterocycles. The maximum atomic E-state index is 9.70. The van der Waals surface area contributed by atoms with Gasteiger partial charge < -0.3 is 14.5 Å². The molecule has 2 N–H and O–H groups in total. The fraction of sp³-hybridized carbons (Fsp3) is 0. The van der Waals surface area contributed by atoms with Crippen LogP contribution in [-0.2, 0) is 0 Å². The van der Waals surface area contributed by atoms with Gasteiger partial charge in [-0.3, -0.25) is 0 Å². The number of fused-ring (bicyclic) bond motifs is 4. The minimum atomic E-state index is -1.50. The molecule has 0 saturated carbocycles. The van der Waals surface area contributed by atoms with E-state index in [4.69, 9.17) is 4.42 Å².